The molecule has 0 aliphatic carbocycles. The fraction of sp³-hybridized carbons (Fsp3) is 0.611. The molecule has 1 aliphatic rings. The molecule has 0 spiro atoms. The summed E-state index contributed by atoms with van der Waals surface area (Å²) in [7, 11) is 0. The Hall–Kier alpha value is -1.35. The average Bonchev–Trinajstić information content (AvgIpc) is 2.64. The quantitative estimate of drug-likeness (QED) is 0.903. The van der Waals surface area contributed by atoms with Gasteiger partial charge in [0.2, 0.25) is 5.91 Å². The number of carbonyl (C=O) groups is 1. The van der Waals surface area contributed by atoms with Gasteiger partial charge in [-0.25, -0.2) is 0 Å². The highest BCUT2D eigenvalue weighted by molar-refractivity contribution is 5.76. The fourth-order valence-corrected chi connectivity index (χ4v) is 2.93. The maximum absolute atomic E-state index is 12.1. The van der Waals surface area contributed by atoms with Crippen molar-refractivity contribution in [1.82, 2.24) is 4.90 Å². The number of nitrogens with zero attached hydrogens (tertiary/aromatic N) is 1. The first-order valence-corrected chi connectivity index (χ1v) is 8.22. The van der Waals surface area contributed by atoms with Gasteiger partial charge in [0.1, 0.15) is 0 Å². The van der Waals surface area contributed by atoms with Crippen LogP contribution in [0.3, 0.4) is 0 Å². The number of hydrogen-bond acceptors (Lipinski definition) is 2. The van der Waals surface area contributed by atoms with Crippen molar-refractivity contribution in [2.45, 2.75) is 52.0 Å². The Bertz CT molecular complexity index is 455. The van der Waals surface area contributed by atoms with Gasteiger partial charge in [0.05, 0.1) is 0 Å². The zero-order valence-electron chi connectivity index (χ0n) is 13.3. The largest absolute Gasteiger partial charge is 0.341 e. The van der Waals surface area contributed by atoms with Gasteiger partial charge in [0.15, 0.2) is 0 Å². The van der Waals surface area contributed by atoms with E-state index in [4.69, 9.17) is 5.73 Å². The summed E-state index contributed by atoms with van der Waals surface area (Å²) < 4.78 is 0. The maximum Gasteiger partial charge on any atom is 0.222 e. The predicted molar refractivity (Wildman–Crippen MR) is 87.0 cm³/mol. The van der Waals surface area contributed by atoms with Gasteiger partial charge in [0, 0.05) is 25.6 Å². The van der Waals surface area contributed by atoms with Crippen LogP contribution in [0.25, 0.3) is 0 Å². The highest BCUT2D eigenvalue weighted by Gasteiger charge is 2.22. The minimum absolute atomic E-state index is 0.0852. The van der Waals surface area contributed by atoms with Crippen LogP contribution in [0.15, 0.2) is 24.3 Å². The zero-order valence-corrected chi connectivity index (χ0v) is 13.3. The van der Waals surface area contributed by atoms with Crippen LogP contribution in [-0.2, 0) is 11.2 Å². The first-order chi connectivity index (χ1) is 10.1. The minimum atomic E-state index is -0.0852. The van der Waals surface area contributed by atoms with E-state index in [9.17, 15) is 4.79 Å². The second-order valence-corrected chi connectivity index (χ2v) is 6.37. The summed E-state index contributed by atoms with van der Waals surface area (Å²) in [4.78, 5) is 14.1. The van der Waals surface area contributed by atoms with Crippen molar-refractivity contribution in [3.8, 4) is 0 Å². The summed E-state index contributed by atoms with van der Waals surface area (Å²) in [5.74, 6) is 0.904. The van der Waals surface area contributed by atoms with Gasteiger partial charge in [0.25, 0.3) is 0 Å². The Morgan fingerprint density at radius 3 is 2.67 bits per heavy atom. The lowest BCUT2D eigenvalue weighted by Crippen LogP contribution is -2.36. The van der Waals surface area contributed by atoms with Crippen LogP contribution in [0.1, 0.15) is 56.7 Å². The molecule has 116 valence electrons. The van der Waals surface area contributed by atoms with Gasteiger partial charge in [-0.05, 0) is 36.3 Å². The third kappa shape index (κ3) is 4.57. The van der Waals surface area contributed by atoms with Gasteiger partial charge < -0.3 is 10.6 Å². The molecule has 1 aliphatic heterocycles. The van der Waals surface area contributed by atoms with Crippen molar-refractivity contribution in [2.24, 2.45) is 11.7 Å². The highest BCUT2D eigenvalue weighted by Crippen LogP contribution is 2.20. The molecule has 2 atom stereocenters. The van der Waals surface area contributed by atoms with Crippen LogP contribution in [0, 0.1) is 5.92 Å². The summed E-state index contributed by atoms with van der Waals surface area (Å²) in [5, 5.41) is 0. The second-order valence-electron chi connectivity index (χ2n) is 6.37. The molecular weight excluding hydrogens is 260 g/mol. The Balaban J connectivity index is 1.96. The second kappa shape index (κ2) is 7.60. The van der Waals surface area contributed by atoms with Crippen LogP contribution in [-0.4, -0.2) is 23.9 Å². The lowest BCUT2D eigenvalue weighted by atomic mass is 10.0. The van der Waals surface area contributed by atoms with Crippen molar-refractivity contribution in [3.05, 3.63) is 35.4 Å². The molecule has 1 amide bonds. The first kappa shape index (κ1) is 16.0. The van der Waals surface area contributed by atoms with E-state index in [1.54, 1.807) is 0 Å². The predicted octanol–water partition coefficient (Wildman–Crippen LogP) is 3.29. The molecule has 2 rings (SSSR count). The smallest absolute Gasteiger partial charge is 0.222 e. The maximum atomic E-state index is 12.1. The molecule has 0 bridgehead atoms. The van der Waals surface area contributed by atoms with Crippen LogP contribution in [0.2, 0.25) is 0 Å². The van der Waals surface area contributed by atoms with Crippen molar-refractivity contribution in [3.63, 3.8) is 0 Å². The molecule has 21 heavy (non-hydrogen) atoms. The van der Waals surface area contributed by atoms with Gasteiger partial charge >= 0.3 is 0 Å². The number of hydrogen-bond donors (Lipinski definition) is 1. The molecule has 1 saturated heterocycles. The summed E-state index contributed by atoms with van der Waals surface area (Å²) in [6.07, 6.45) is 5.04. The average molecular weight is 288 g/mol. The molecule has 0 radical (unpaired) electrons. The molecule has 3 nitrogen and oxygen atoms in total. The SMILES string of the molecule is CCCc1ccc(C(N)CN2CCC(C)CCC2=O)cc1. The van der Waals surface area contributed by atoms with Crippen molar-refractivity contribution in [2.75, 3.05) is 13.1 Å². The summed E-state index contributed by atoms with van der Waals surface area (Å²) in [6, 6.07) is 8.45. The number of rotatable bonds is 5. The Morgan fingerprint density at radius 2 is 2.00 bits per heavy atom. The van der Waals surface area contributed by atoms with E-state index < -0.39 is 0 Å². The van der Waals surface area contributed by atoms with Crippen molar-refractivity contribution in [1.29, 1.82) is 0 Å². The van der Waals surface area contributed by atoms with Crippen LogP contribution in [0.5, 0.6) is 0 Å². The third-order valence-electron chi connectivity index (χ3n) is 4.46. The van der Waals surface area contributed by atoms with Crippen LogP contribution in [0.4, 0.5) is 0 Å². The molecule has 2 N–H and O–H groups in total. The van der Waals surface area contributed by atoms with E-state index >= 15 is 0 Å². The van der Waals surface area contributed by atoms with Gasteiger partial charge in [-0.2, -0.15) is 0 Å². The molecule has 0 aromatic heterocycles. The Morgan fingerprint density at radius 1 is 1.29 bits per heavy atom. The molecule has 1 aromatic carbocycles. The Labute approximate surface area is 128 Å². The van der Waals surface area contributed by atoms with E-state index in [-0.39, 0.29) is 11.9 Å². The summed E-state index contributed by atoms with van der Waals surface area (Å²) >= 11 is 0. The summed E-state index contributed by atoms with van der Waals surface area (Å²) in [5.41, 5.74) is 8.78. The Kier molecular flexibility index (Phi) is 5.80. The molecule has 2 unspecified atom stereocenters. The van der Waals surface area contributed by atoms with Crippen LogP contribution >= 0.6 is 0 Å². The van der Waals surface area contributed by atoms with Gasteiger partial charge in [-0.15, -0.1) is 0 Å². The zero-order chi connectivity index (χ0) is 15.2. The molecule has 1 aromatic rings. The van der Waals surface area contributed by atoms with Crippen LogP contribution < -0.4 is 5.73 Å². The van der Waals surface area contributed by atoms with E-state index in [2.05, 4.69) is 38.1 Å². The van der Waals surface area contributed by atoms with E-state index in [1.807, 2.05) is 4.90 Å². The number of nitrogens with two attached hydrogens (primary N) is 1. The number of amides is 1. The third-order valence-corrected chi connectivity index (χ3v) is 4.46. The van der Waals surface area contributed by atoms with E-state index in [0.717, 1.165) is 37.8 Å². The molecule has 1 fully saturated rings. The highest BCUT2D eigenvalue weighted by atomic mass is 16.2. The van der Waals surface area contributed by atoms with E-state index in [1.165, 1.54) is 5.56 Å². The number of carbonyl (C=O) groups excluding carboxylic acids is 1. The van der Waals surface area contributed by atoms with Crippen molar-refractivity contribution < 1.29 is 4.79 Å². The van der Waals surface area contributed by atoms with Gasteiger partial charge in [-0.3, -0.25) is 4.79 Å². The normalized spacial score (nSPS) is 21.2. The number of aryl methyl sites for hydroxylation is 1. The standard InChI is InChI=1S/C18H28N2O/c1-3-4-15-6-8-16(9-7-15)17(19)13-20-12-11-14(2)5-10-18(20)21/h6-9,14,17H,3-5,10-13,19H2,1-2H3. The van der Waals surface area contributed by atoms with Crippen molar-refractivity contribution >= 4 is 5.91 Å². The number of benzene rings is 1. The minimum Gasteiger partial charge on any atom is -0.341 e. The molecule has 3 heteroatoms. The lowest BCUT2D eigenvalue weighted by Gasteiger charge is -2.25. The first-order valence-electron chi connectivity index (χ1n) is 8.22. The topological polar surface area (TPSA) is 46.3 Å². The number of likely N-dealkylation sites (tertiary alicyclic amines) is 1. The lowest BCUT2D eigenvalue weighted by molar-refractivity contribution is -0.130. The fourth-order valence-electron chi connectivity index (χ4n) is 2.93. The van der Waals surface area contributed by atoms with E-state index in [0.29, 0.717) is 18.9 Å². The van der Waals surface area contributed by atoms with Gasteiger partial charge in [-0.1, -0.05) is 44.5 Å². The summed E-state index contributed by atoms with van der Waals surface area (Å²) in [6.45, 7) is 5.90. The molecular formula is C18H28N2O. The molecule has 1 heterocycles. The molecule has 0 saturated carbocycles. The monoisotopic (exact) mass is 288 g/mol.